The second kappa shape index (κ2) is 7.20. The molecule has 0 aliphatic carbocycles. The third kappa shape index (κ3) is 3.54. The number of carbonyl (C=O) groups is 1. The van der Waals surface area contributed by atoms with Crippen molar-refractivity contribution >= 4 is 28.6 Å². The lowest BCUT2D eigenvalue weighted by molar-refractivity contribution is -0.125. The van der Waals surface area contributed by atoms with Crippen molar-refractivity contribution in [2.75, 3.05) is 37.4 Å². The molecule has 1 aromatic carbocycles. The van der Waals surface area contributed by atoms with Crippen molar-refractivity contribution in [1.82, 2.24) is 25.3 Å². The number of H-pyrrole nitrogens is 1. The number of hydrogen-bond donors (Lipinski definition) is 3. The van der Waals surface area contributed by atoms with Crippen molar-refractivity contribution in [3.05, 3.63) is 30.5 Å². The van der Waals surface area contributed by atoms with Gasteiger partial charge >= 0.3 is 0 Å². The normalized spacial score (nSPS) is 16.8. The van der Waals surface area contributed by atoms with Gasteiger partial charge in [0, 0.05) is 26.2 Å². The zero-order valence-corrected chi connectivity index (χ0v) is 15.0. The molecule has 1 saturated heterocycles. The van der Waals surface area contributed by atoms with Crippen LogP contribution in [0.1, 0.15) is 6.42 Å². The van der Waals surface area contributed by atoms with Crippen LogP contribution in [0.3, 0.4) is 0 Å². The van der Waals surface area contributed by atoms with Crippen LogP contribution in [0.5, 0.6) is 0 Å². The molecule has 3 aromatic rings. The van der Waals surface area contributed by atoms with Crippen molar-refractivity contribution in [2.24, 2.45) is 0 Å². The molecule has 0 bridgehead atoms. The number of ether oxygens (including phenoxy) is 1. The highest BCUT2D eigenvalue weighted by molar-refractivity contribution is 5.80. The van der Waals surface area contributed by atoms with Crippen LogP contribution in [0.2, 0.25) is 0 Å². The molecule has 9 nitrogen and oxygen atoms in total. The second-order valence-electron chi connectivity index (χ2n) is 6.50. The Morgan fingerprint density at radius 3 is 3.07 bits per heavy atom. The Hall–Kier alpha value is -3.20. The highest BCUT2D eigenvalue weighted by atomic mass is 16.5. The van der Waals surface area contributed by atoms with Crippen molar-refractivity contribution in [3.63, 3.8) is 0 Å². The van der Waals surface area contributed by atoms with Crippen LogP contribution in [0.25, 0.3) is 22.6 Å². The molecule has 9 heteroatoms. The van der Waals surface area contributed by atoms with E-state index >= 15 is 0 Å². The Balaban J connectivity index is 1.55. The third-order valence-corrected chi connectivity index (χ3v) is 4.55. The maximum absolute atomic E-state index is 11.7. The third-order valence-electron chi connectivity index (χ3n) is 4.55. The lowest BCUT2D eigenvalue weighted by Gasteiger charge is -2.18. The maximum atomic E-state index is 11.7. The molecular weight excluding hydrogens is 346 g/mol. The van der Waals surface area contributed by atoms with E-state index in [1.54, 1.807) is 6.20 Å². The smallest absolute Gasteiger partial charge is 0.246 e. The van der Waals surface area contributed by atoms with Crippen LogP contribution in [0.4, 0.5) is 11.6 Å². The number of nitrogens with zero attached hydrogens (tertiary/aromatic N) is 4. The summed E-state index contributed by atoms with van der Waals surface area (Å²) >= 11 is 0. The van der Waals surface area contributed by atoms with Gasteiger partial charge in [-0.2, -0.15) is 0 Å². The quantitative estimate of drug-likeness (QED) is 0.613. The summed E-state index contributed by atoms with van der Waals surface area (Å²) < 4.78 is 4.86. The lowest BCUT2D eigenvalue weighted by Crippen LogP contribution is -2.39. The van der Waals surface area contributed by atoms with Gasteiger partial charge in [0.25, 0.3) is 0 Å². The fourth-order valence-corrected chi connectivity index (χ4v) is 3.27. The monoisotopic (exact) mass is 367 g/mol. The summed E-state index contributed by atoms with van der Waals surface area (Å²) in [5.74, 6) is 1.51. The zero-order chi connectivity index (χ0) is 18.8. The summed E-state index contributed by atoms with van der Waals surface area (Å²) in [5.41, 5.74) is 8.34. The van der Waals surface area contributed by atoms with Crippen molar-refractivity contribution < 1.29 is 9.53 Å². The van der Waals surface area contributed by atoms with E-state index in [1.807, 2.05) is 24.3 Å². The largest absolute Gasteiger partial charge is 0.382 e. The zero-order valence-electron chi connectivity index (χ0n) is 15.0. The minimum absolute atomic E-state index is 0.0571. The van der Waals surface area contributed by atoms with Gasteiger partial charge in [-0.3, -0.25) is 4.79 Å². The van der Waals surface area contributed by atoms with E-state index in [-0.39, 0.29) is 18.6 Å². The van der Waals surface area contributed by atoms with E-state index in [4.69, 9.17) is 10.5 Å². The first-order valence-electron chi connectivity index (χ1n) is 8.75. The number of amides is 1. The number of fused-ring (bicyclic) bond motifs is 1. The molecule has 1 amide bonds. The predicted molar refractivity (Wildman–Crippen MR) is 102 cm³/mol. The van der Waals surface area contributed by atoms with Gasteiger partial charge in [0.15, 0.2) is 17.3 Å². The van der Waals surface area contributed by atoms with Gasteiger partial charge in [-0.1, -0.05) is 12.1 Å². The SMILES string of the molecule is COCC(=O)N[C@H]1CCN(c2cnc(N)c(-c3nc4ccccc4[nH]3)n2)C1. The van der Waals surface area contributed by atoms with Gasteiger partial charge < -0.3 is 25.7 Å². The Morgan fingerprint density at radius 2 is 2.26 bits per heavy atom. The van der Waals surface area contributed by atoms with Crippen LogP contribution in [-0.2, 0) is 9.53 Å². The first-order valence-corrected chi connectivity index (χ1v) is 8.75. The second-order valence-corrected chi connectivity index (χ2v) is 6.50. The Kier molecular flexibility index (Phi) is 4.59. The molecule has 4 N–H and O–H groups in total. The first-order chi connectivity index (χ1) is 13.1. The average molecular weight is 367 g/mol. The Labute approximate surface area is 156 Å². The van der Waals surface area contributed by atoms with Crippen LogP contribution in [-0.4, -0.2) is 58.7 Å². The predicted octanol–water partition coefficient (Wildman–Crippen LogP) is 0.943. The molecule has 0 saturated carbocycles. The van der Waals surface area contributed by atoms with E-state index in [2.05, 4.69) is 30.2 Å². The summed E-state index contributed by atoms with van der Waals surface area (Å²) in [4.78, 5) is 30.5. The van der Waals surface area contributed by atoms with E-state index < -0.39 is 0 Å². The van der Waals surface area contributed by atoms with E-state index in [0.717, 1.165) is 24.0 Å². The molecule has 0 radical (unpaired) electrons. The van der Waals surface area contributed by atoms with Crippen molar-refractivity contribution in [1.29, 1.82) is 0 Å². The van der Waals surface area contributed by atoms with Crippen LogP contribution in [0, 0.1) is 0 Å². The molecular formula is C18H21N7O2. The van der Waals surface area contributed by atoms with Gasteiger partial charge in [0.2, 0.25) is 5.91 Å². The highest BCUT2D eigenvalue weighted by Gasteiger charge is 2.26. The van der Waals surface area contributed by atoms with E-state index in [9.17, 15) is 4.79 Å². The molecule has 27 heavy (non-hydrogen) atoms. The van der Waals surface area contributed by atoms with Gasteiger partial charge in [-0.25, -0.2) is 15.0 Å². The van der Waals surface area contributed by atoms with Gasteiger partial charge in [-0.05, 0) is 18.6 Å². The number of carbonyl (C=O) groups excluding carboxylic acids is 1. The number of hydrogen-bond acceptors (Lipinski definition) is 7. The van der Waals surface area contributed by atoms with E-state index in [1.165, 1.54) is 7.11 Å². The minimum atomic E-state index is -0.115. The number of imidazole rings is 1. The lowest BCUT2D eigenvalue weighted by atomic mass is 10.2. The molecule has 0 unspecified atom stereocenters. The Bertz CT molecular complexity index is 938. The number of aromatic nitrogens is 4. The van der Waals surface area contributed by atoms with Gasteiger partial charge in [-0.15, -0.1) is 0 Å². The van der Waals surface area contributed by atoms with E-state index in [0.29, 0.717) is 29.7 Å². The summed E-state index contributed by atoms with van der Waals surface area (Å²) in [7, 11) is 1.50. The molecule has 1 aliphatic rings. The van der Waals surface area contributed by atoms with Crippen molar-refractivity contribution in [3.8, 4) is 11.5 Å². The number of aromatic amines is 1. The first kappa shape index (κ1) is 17.2. The fourth-order valence-electron chi connectivity index (χ4n) is 3.27. The average Bonchev–Trinajstić information content (AvgIpc) is 3.29. The number of nitrogens with two attached hydrogens (primary N) is 1. The number of anilines is 2. The van der Waals surface area contributed by atoms with Crippen LogP contribution < -0.4 is 16.0 Å². The summed E-state index contributed by atoms with van der Waals surface area (Å²) in [6, 6.07) is 7.81. The molecule has 140 valence electrons. The fraction of sp³-hybridized carbons (Fsp3) is 0.333. The van der Waals surface area contributed by atoms with Crippen LogP contribution in [0.15, 0.2) is 30.5 Å². The standard InChI is InChI=1S/C18H21N7O2/c1-27-10-15(26)21-11-6-7-25(9-11)14-8-20-17(19)16(24-14)18-22-12-4-2-3-5-13(12)23-18/h2-5,8,11H,6-7,9-10H2,1H3,(H2,19,20)(H,21,26)(H,22,23)/t11-/m0/s1. The molecule has 2 aromatic heterocycles. The molecule has 1 atom stereocenters. The number of rotatable bonds is 5. The molecule has 1 aliphatic heterocycles. The molecule has 3 heterocycles. The number of nitrogen functional groups attached to an aromatic ring is 1. The number of nitrogens with one attached hydrogen (secondary N) is 2. The van der Waals surface area contributed by atoms with Gasteiger partial charge in [0.1, 0.15) is 12.4 Å². The number of methoxy groups -OCH3 is 1. The minimum Gasteiger partial charge on any atom is -0.382 e. The number of benzene rings is 1. The maximum Gasteiger partial charge on any atom is 0.246 e. The summed E-state index contributed by atoms with van der Waals surface area (Å²) in [5, 5.41) is 2.96. The number of para-hydroxylation sites is 2. The Morgan fingerprint density at radius 1 is 1.41 bits per heavy atom. The van der Waals surface area contributed by atoms with Crippen molar-refractivity contribution in [2.45, 2.75) is 12.5 Å². The molecule has 4 rings (SSSR count). The summed E-state index contributed by atoms with van der Waals surface area (Å²) in [6.45, 7) is 1.50. The molecule has 0 spiro atoms. The summed E-state index contributed by atoms with van der Waals surface area (Å²) in [6.07, 6.45) is 2.49. The van der Waals surface area contributed by atoms with Crippen LogP contribution >= 0.6 is 0 Å². The highest BCUT2D eigenvalue weighted by Crippen LogP contribution is 2.26. The topological polar surface area (TPSA) is 122 Å². The molecule has 1 fully saturated rings. The van der Waals surface area contributed by atoms with Gasteiger partial charge in [0.05, 0.1) is 17.2 Å².